The second-order valence-electron chi connectivity index (χ2n) is 8.92. The Morgan fingerprint density at radius 2 is 1.82 bits per heavy atom. The average molecular weight is 464 g/mol. The lowest BCUT2D eigenvalue weighted by atomic mass is 9.93. The number of furan rings is 1. The van der Waals surface area contributed by atoms with E-state index in [2.05, 4.69) is 10.6 Å². The molecule has 178 valence electrons. The first-order valence-corrected chi connectivity index (χ1v) is 11.0. The second kappa shape index (κ2) is 9.95. The molecule has 34 heavy (non-hydrogen) atoms. The molecule has 0 radical (unpaired) electrons. The quantitative estimate of drug-likeness (QED) is 0.405. The van der Waals surface area contributed by atoms with Gasteiger partial charge in [0.1, 0.15) is 17.1 Å². The Kier molecular flexibility index (Phi) is 7.25. The van der Waals surface area contributed by atoms with Crippen molar-refractivity contribution < 1.29 is 18.4 Å². The molecule has 3 aromatic rings. The average Bonchev–Trinajstić information content (AvgIpc) is 3.28. The third kappa shape index (κ3) is 5.73. The standard InChI is InChI=1S/C27H30FN3O3/c1-16-13-23(22-9-8-20(14-24(22)28)30-15-21-7-6-10-34-21)17(2)11-19(16)12-18(3)25(32)31-27(4,5)26(29)33/h6-14,30H,15H2,1-5H3,(H2,29,33)(H,31,32)/b18-12+. The van der Waals surface area contributed by atoms with Gasteiger partial charge in [-0.1, -0.05) is 12.1 Å². The molecule has 0 unspecified atom stereocenters. The lowest BCUT2D eigenvalue weighted by molar-refractivity contribution is -0.128. The van der Waals surface area contributed by atoms with Gasteiger partial charge in [-0.15, -0.1) is 0 Å². The minimum absolute atomic E-state index is 0.334. The van der Waals surface area contributed by atoms with Gasteiger partial charge in [0, 0.05) is 16.8 Å². The lowest BCUT2D eigenvalue weighted by Crippen LogP contribution is -2.53. The Morgan fingerprint density at radius 1 is 1.09 bits per heavy atom. The van der Waals surface area contributed by atoms with Crippen molar-refractivity contribution in [3.8, 4) is 11.1 Å². The van der Waals surface area contributed by atoms with E-state index >= 15 is 0 Å². The minimum Gasteiger partial charge on any atom is -0.467 e. The highest BCUT2D eigenvalue weighted by atomic mass is 19.1. The van der Waals surface area contributed by atoms with E-state index < -0.39 is 11.4 Å². The first-order chi connectivity index (χ1) is 16.0. The SMILES string of the molecule is C/C(=C\c1cc(C)c(-c2ccc(NCc3ccco3)cc2F)cc1C)C(=O)NC(C)(C)C(N)=O. The van der Waals surface area contributed by atoms with Crippen LogP contribution in [0.1, 0.15) is 43.2 Å². The fraction of sp³-hybridized carbons (Fsp3) is 0.259. The number of hydrogen-bond acceptors (Lipinski definition) is 4. The Balaban J connectivity index is 1.81. The van der Waals surface area contributed by atoms with Crippen molar-refractivity contribution in [2.75, 3.05) is 5.32 Å². The number of nitrogens with one attached hydrogen (secondary N) is 2. The molecule has 0 aliphatic carbocycles. The van der Waals surface area contributed by atoms with E-state index in [9.17, 15) is 14.0 Å². The number of nitrogens with two attached hydrogens (primary N) is 1. The number of amides is 2. The van der Waals surface area contributed by atoms with Crippen molar-refractivity contribution in [3.63, 3.8) is 0 Å². The summed E-state index contributed by atoms with van der Waals surface area (Å²) in [5.41, 5.74) is 9.15. The summed E-state index contributed by atoms with van der Waals surface area (Å²) in [4.78, 5) is 24.0. The number of carbonyl (C=O) groups excluding carboxylic acids is 2. The zero-order valence-electron chi connectivity index (χ0n) is 20.1. The van der Waals surface area contributed by atoms with Gasteiger partial charge < -0.3 is 20.8 Å². The molecule has 3 rings (SSSR count). The molecule has 4 N–H and O–H groups in total. The third-order valence-corrected chi connectivity index (χ3v) is 5.69. The molecule has 0 fully saturated rings. The first kappa shape index (κ1) is 24.8. The topological polar surface area (TPSA) is 97.4 Å². The van der Waals surface area contributed by atoms with Crippen LogP contribution in [0.2, 0.25) is 0 Å². The summed E-state index contributed by atoms with van der Waals surface area (Å²) >= 11 is 0. The maximum atomic E-state index is 15.0. The normalized spacial score (nSPS) is 11.9. The van der Waals surface area contributed by atoms with Crippen LogP contribution >= 0.6 is 0 Å². The number of primary amides is 1. The maximum Gasteiger partial charge on any atom is 0.247 e. The fourth-order valence-corrected chi connectivity index (χ4v) is 3.47. The molecule has 6 nitrogen and oxygen atoms in total. The first-order valence-electron chi connectivity index (χ1n) is 11.0. The van der Waals surface area contributed by atoms with Crippen LogP contribution in [-0.2, 0) is 16.1 Å². The monoisotopic (exact) mass is 463 g/mol. The van der Waals surface area contributed by atoms with Gasteiger partial charge in [-0.25, -0.2) is 4.39 Å². The fourth-order valence-electron chi connectivity index (χ4n) is 3.47. The summed E-state index contributed by atoms with van der Waals surface area (Å²) in [5.74, 6) is -0.566. The van der Waals surface area contributed by atoms with E-state index in [1.54, 1.807) is 45.2 Å². The number of rotatable bonds is 8. The molecular formula is C27H30FN3O3. The molecule has 1 heterocycles. The highest BCUT2D eigenvalue weighted by molar-refractivity contribution is 6.00. The largest absolute Gasteiger partial charge is 0.467 e. The smallest absolute Gasteiger partial charge is 0.247 e. The predicted molar refractivity (Wildman–Crippen MR) is 132 cm³/mol. The van der Waals surface area contributed by atoms with Crippen LogP contribution < -0.4 is 16.4 Å². The summed E-state index contributed by atoms with van der Waals surface area (Å²) in [6, 6.07) is 12.5. The second-order valence-corrected chi connectivity index (χ2v) is 8.92. The number of carbonyl (C=O) groups is 2. The number of halogens is 1. The summed E-state index contributed by atoms with van der Waals surface area (Å²) in [5, 5.41) is 5.78. The van der Waals surface area contributed by atoms with Crippen LogP contribution in [0.5, 0.6) is 0 Å². The van der Waals surface area contributed by atoms with Crippen molar-refractivity contribution in [2.45, 2.75) is 46.7 Å². The van der Waals surface area contributed by atoms with Gasteiger partial charge in [0.2, 0.25) is 11.8 Å². The van der Waals surface area contributed by atoms with Crippen molar-refractivity contribution >= 4 is 23.6 Å². The van der Waals surface area contributed by atoms with Crippen LogP contribution in [-0.4, -0.2) is 17.4 Å². The Morgan fingerprint density at radius 3 is 2.44 bits per heavy atom. The summed E-state index contributed by atoms with van der Waals surface area (Å²) in [7, 11) is 0. The Labute approximate surface area is 199 Å². The van der Waals surface area contributed by atoms with Crippen LogP contribution in [0.15, 0.2) is 58.7 Å². The van der Waals surface area contributed by atoms with Crippen molar-refractivity contribution in [1.82, 2.24) is 5.32 Å². The Bertz CT molecular complexity index is 1240. The van der Waals surface area contributed by atoms with E-state index in [0.717, 1.165) is 28.0 Å². The summed E-state index contributed by atoms with van der Waals surface area (Å²) in [6.07, 6.45) is 3.34. The molecule has 0 bridgehead atoms. The molecule has 2 aromatic carbocycles. The van der Waals surface area contributed by atoms with Gasteiger partial charge >= 0.3 is 0 Å². The number of anilines is 1. The summed E-state index contributed by atoms with van der Waals surface area (Å²) in [6.45, 7) is 9.05. The molecule has 1 aromatic heterocycles. The van der Waals surface area contributed by atoms with E-state index in [4.69, 9.17) is 10.2 Å². The number of benzene rings is 2. The van der Waals surface area contributed by atoms with Crippen LogP contribution in [0.3, 0.4) is 0 Å². The van der Waals surface area contributed by atoms with Gasteiger partial charge in [0.25, 0.3) is 0 Å². The van der Waals surface area contributed by atoms with Gasteiger partial charge in [-0.3, -0.25) is 9.59 Å². The highest BCUT2D eigenvalue weighted by Crippen LogP contribution is 2.31. The number of aryl methyl sites for hydroxylation is 2. The Hall–Kier alpha value is -3.87. The van der Waals surface area contributed by atoms with Crippen molar-refractivity contribution in [2.24, 2.45) is 5.73 Å². The lowest BCUT2D eigenvalue weighted by Gasteiger charge is -2.22. The van der Waals surface area contributed by atoms with Gasteiger partial charge in [0.05, 0.1) is 12.8 Å². The molecule has 0 aliphatic heterocycles. The summed E-state index contributed by atoms with van der Waals surface area (Å²) < 4.78 is 20.3. The highest BCUT2D eigenvalue weighted by Gasteiger charge is 2.27. The zero-order valence-corrected chi connectivity index (χ0v) is 20.1. The molecule has 0 atom stereocenters. The van der Waals surface area contributed by atoms with E-state index in [1.165, 1.54) is 6.07 Å². The molecule has 7 heteroatoms. The van der Waals surface area contributed by atoms with Crippen molar-refractivity contribution in [1.29, 1.82) is 0 Å². The molecule has 0 saturated heterocycles. The van der Waals surface area contributed by atoms with Crippen LogP contribution in [0.25, 0.3) is 17.2 Å². The molecule has 0 aliphatic rings. The van der Waals surface area contributed by atoms with Gasteiger partial charge in [-0.05, 0) is 93.3 Å². The molecule has 0 saturated carbocycles. The minimum atomic E-state index is -1.16. The molecule has 0 spiro atoms. The maximum absolute atomic E-state index is 15.0. The molecular weight excluding hydrogens is 433 g/mol. The van der Waals surface area contributed by atoms with Crippen LogP contribution in [0.4, 0.5) is 10.1 Å². The third-order valence-electron chi connectivity index (χ3n) is 5.69. The predicted octanol–water partition coefficient (Wildman–Crippen LogP) is 5.10. The van der Waals surface area contributed by atoms with Crippen molar-refractivity contribution in [3.05, 3.63) is 82.6 Å². The van der Waals surface area contributed by atoms with E-state index in [0.29, 0.717) is 23.4 Å². The van der Waals surface area contributed by atoms with E-state index in [1.807, 2.05) is 38.1 Å². The van der Waals surface area contributed by atoms with Gasteiger partial charge in [-0.2, -0.15) is 0 Å². The number of hydrogen-bond donors (Lipinski definition) is 3. The van der Waals surface area contributed by atoms with Crippen LogP contribution in [0, 0.1) is 19.7 Å². The van der Waals surface area contributed by atoms with E-state index in [-0.39, 0.29) is 11.7 Å². The zero-order chi connectivity index (χ0) is 25.0. The van der Waals surface area contributed by atoms with Gasteiger partial charge in [0.15, 0.2) is 0 Å². The molecule has 2 amide bonds.